The summed E-state index contributed by atoms with van der Waals surface area (Å²) in [5, 5.41) is 0. The van der Waals surface area contributed by atoms with Crippen LogP contribution in [-0.2, 0) is 9.73 Å². The van der Waals surface area contributed by atoms with Gasteiger partial charge in [-0.1, -0.05) is 17.7 Å². The Bertz CT molecular complexity index is 681. The molecule has 0 saturated heterocycles. The maximum atomic E-state index is 13.1. The van der Waals surface area contributed by atoms with Crippen molar-refractivity contribution in [2.75, 3.05) is 0 Å². The minimum Gasteiger partial charge on any atom is -0.245 e. The SMILES string of the molecule is Cc1ccc(S(=N)(=O)c2ccc(F)c(Br)c2)cc1. The molecule has 2 nitrogen and oxygen atoms in total. The molecular weight excluding hydrogens is 317 g/mol. The van der Waals surface area contributed by atoms with Gasteiger partial charge in [-0.05, 0) is 53.2 Å². The predicted molar refractivity (Wildman–Crippen MR) is 72.7 cm³/mol. The van der Waals surface area contributed by atoms with E-state index < -0.39 is 15.5 Å². The highest BCUT2D eigenvalue weighted by molar-refractivity contribution is 9.10. The van der Waals surface area contributed by atoms with Crippen LogP contribution in [0.2, 0.25) is 0 Å². The molecule has 1 unspecified atom stereocenters. The minimum absolute atomic E-state index is 0.215. The van der Waals surface area contributed by atoms with Crippen molar-refractivity contribution in [2.45, 2.75) is 16.7 Å². The molecule has 0 fully saturated rings. The van der Waals surface area contributed by atoms with E-state index in [1.165, 1.54) is 18.2 Å². The third kappa shape index (κ3) is 2.47. The molecule has 1 N–H and O–H groups in total. The maximum absolute atomic E-state index is 13.1. The summed E-state index contributed by atoms with van der Waals surface area (Å²) in [4.78, 5) is 0.714. The highest BCUT2D eigenvalue weighted by Crippen LogP contribution is 2.26. The minimum atomic E-state index is -3.09. The van der Waals surface area contributed by atoms with E-state index in [2.05, 4.69) is 15.9 Å². The van der Waals surface area contributed by atoms with Crippen molar-refractivity contribution in [1.29, 1.82) is 4.78 Å². The van der Waals surface area contributed by atoms with E-state index in [0.29, 0.717) is 9.79 Å². The summed E-state index contributed by atoms with van der Waals surface area (Å²) < 4.78 is 33.9. The number of rotatable bonds is 2. The second-order valence-corrected chi connectivity index (χ2v) is 6.85. The van der Waals surface area contributed by atoms with Crippen LogP contribution >= 0.6 is 15.9 Å². The first-order valence-corrected chi connectivity index (χ1v) is 7.57. The van der Waals surface area contributed by atoms with Crippen LogP contribution in [0.4, 0.5) is 4.39 Å². The Balaban J connectivity index is 2.54. The molecular formula is C13H11BrFNOS. The third-order valence-corrected chi connectivity index (χ3v) is 5.04. The Morgan fingerprint density at radius 1 is 1.11 bits per heavy atom. The van der Waals surface area contributed by atoms with Gasteiger partial charge in [0.2, 0.25) is 0 Å². The number of benzene rings is 2. The number of hydrogen-bond acceptors (Lipinski definition) is 2. The lowest BCUT2D eigenvalue weighted by Gasteiger charge is -2.09. The molecule has 2 aromatic rings. The van der Waals surface area contributed by atoms with Crippen LogP contribution < -0.4 is 0 Å². The Morgan fingerprint density at radius 3 is 2.22 bits per heavy atom. The number of nitrogens with one attached hydrogen (secondary N) is 1. The highest BCUT2D eigenvalue weighted by Gasteiger charge is 2.14. The van der Waals surface area contributed by atoms with Gasteiger partial charge in [0.1, 0.15) is 15.5 Å². The average molecular weight is 328 g/mol. The maximum Gasteiger partial charge on any atom is 0.137 e. The van der Waals surface area contributed by atoms with E-state index in [4.69, 9.17) is 4.78 Å². The first-order chi connectivity index (χ1) is 8.41. The molecule has 0 aliphatic rings. The molecule has 0 aromatic heterocycles. The molecule has 0 aliphatic heterocycles. The van der Waals surface area contributed by atoms with Gasteiger partial charge in [-0.2, -0.15) is 0 Å². The van der Waals surface area contributed by atoms with Gasteiger partial charge >= 0.3 is 0 Å². The van der Waals surface area contributed by atoms with E-state index >= 15 is 0 Å². The lowest BCUT2D eigenvalue weighted by molar-refractivity contribution is 0.619. The van der Waals surface area contributed by atoms with Crippen LogP contribution in [-0.4, -0.2) is 4.21 Å². The fourth-order valence-electron chi connectivity index (χ4n) is 1.52. The molecule has 2 rings (SSSR count). The quantitative estimate of drug-likeness (QED) is 0.874. The second-order valence-electron chi connectivity index (χ2n) is 3.95. The molecule has 0 saturated carbocycles. The Morgan fingerprint density at radius 2 is 1.67 bits per heavy atom. The van der Waals surface area contributed by atoms with Crippen LogP contribution in [0.15, 0.2) is 56.7 Å². The molecule has 0 radical (unpaired) electrons. The molecule has 5 heteroatoms. The summed E-state index contributed by atoms with van der Waals surface area (Å²) in [5.41, 5.74) is 1.04. The van der Waals surface area contributed by atoms with Crippen molar-refractivity contribution >= 4 is 25.7 Å². The first kappa shape index (κ1) is 13.2. The number of aryl methyl sites for hydroxylation is 1. The molecule has 0 heterocycles. The van der Waals surface area contributed by atoms with Gasteiger partial charge in [-0.3, -0.25) is 0 Å². The van der Waals surface area contributed by atoms with Crippen molar-refractivity contribution in [2.24, 2.45) is 0 Å². The summed E-state index contributed by atoms with van der Waals surface area (Å²) in [6.45, 7) is 1.92. The normalized spacial score (nSPS) is 14.2. The topological polar surface area (TPSA) is 40.9 Å². The van der Waals surface area contributed by atoms with Crippen molar-refractivity contribution < 1.29 is 8.60 Å². The molecule has 2 aromatic carbocycles. The average Bonchev–Trinajstić information content (AvgIpc) is 2.33. The van der Waals surface area contributed by atoms with E-state index in [0.717, 1.165) is 5.56 Å². The third-order valence-electron chi connectivity index (χ3n) is 2.58. The first-order valence-electron chi connectivity index (χ1n) is 5.22. The lowest BCUT2D eigenvalue weighted by Crippen LogP contribution is -2.00. The van der Waals surface area contributed by atoms with Crippen LogP contribution in [0.5, 0.6) is 0 Å². The van der Waals surface area contributed by atoms with Gasteiger partial charge in [0.25, 0.3) is 0 Å². The molecule has 1 atom stereocenters. The number of hydrogen-bond donors (Lipinski definition) is 1. The predicted octanol–water partition coefficient (Wildman–Crippen LogP) is 4.36. The zero-order chi connectivity index (χ0) is 13.3. The second kappa shape index (κ2) is 4.82. The van der Waals surface area contributed by atoms with Gasteiger partial charge in [0.15, 0.2) is 0 Å². The molecule has 0 aliphatic carbocycles. The van der Waals surface area contributed by atoms with Crippen LogP contribution in [0.25, 0.3) is 0 Å². The fraction of sp³-hybridized carbons (Fsp3) is 0.0769. The summed E-state index contributed by atoms with van der Waals surface area (Å²) in [7, 11) is -3.09. The highest BCUT2D eigenvalue weighted by atomic mass is 79.9. The van der Waals surface area contributed by atoms with E-state index in [9.17, 15) is 8.60 Å². The summed E-state index contributed by atoms with van der Waals surface area (Å²) >= 11 is 3.04. The molecule has 18 heavy (non-hydrogen) atoms. The van der Waals surface area contributed by atoms with Gasteiger partial charge in [-0.25, -0.2) is 13.4 Å². The zero-order valence-corrected chi connectivity index (χ0v) is 12.0. The molecule has 0 spiro atoms. The molecule has 94 valence electrons. The van der Waals surface area contributed by atoms with Gasteiger partial charge in [0.05, 0.1) is 14.3 Å². The fourth-order valence-corrected chi connectivity index (χ4v) is 3.39. The van der Waals surface area contributed by atoms with E-state index in [-0.39, 0.29) is 4.47 Å². The van der Waals surface area contributed by atoms with Crippen molar-refractivity contribution in [3.8, 4) is 0 Å². The van der Waals surface area contributed by atoms with Crippen LogP contribution in [0.3, 0.4) is 0 Å². The van der Waals surface area contributed by atoms with Crippen molar-refractivity contribution in [3.63, 3.8) is 0 Å². The monoisotopic (exact) mass is 327 g/mol. The number of halogens is 2. The summed E-state index contributed by atoms with van der Waals surface area (Å²) in [5.74, 6) is -0.433. The van der Waals surface area contributed by atoms with Crippen LogP contribution in [0.1, 0.15) is 5.56 Å². The van der Waals surface area contributed by atoms with E-state index in [1.54, 1.807) is 12.1 Å². The Kier molecular flexibility index (Phi) is 3.54. The van der Waals surface area contributed by atoms with Gasteiger partial charge in [-0.15, -0.1) is 0 Å². The van der Waals surface area contributed by atoms with Crippen LogP contribution in [0, 0.1) is 17.5 Å². The summed E-state index contributed by atoms with van der Waals surface area (Å²) in [6, 6.07) is 10.9. The summed E-state index contributed by atoms with van der Waals surface area (Å²) in [6.07, 6.45) is 0. The van der Waals surface area contributed by atoms with Gasteiger partial charge < -0.3 is 0 Å². The van der Waals surface area contributed by atoms with Gasteiger partial charge in [0, 0.05) is 0 Å². The lowest BCUT2D eigenvalue weighted by atomic mass is 10.2. The Hall–Kier alpha value is -1.20. The zero-order valence-electron chi connectivity index (χ0n) is 9.61. The van der Waals surface area contributed by atoms with Crippen molar-refractivity contribution in [3.05, 3.63) is 58.3 Å². The molecule has 0 amide bonds. The molecule has 0 bridgehead atoms. The Labute approximate surface area is 114 Å². The van der Waals surface area contributed by atoms with Crippen molar-refractivity contribution in [1.82, 2.24) is 0 Å². The standard InChI is InChI=1S/C13H11BrFNOS/c1-9-2-4-10(5-3-9)18(16,17)11-6-7-13(15)12(14)8-11/h2-8,16H,1H3. The smallest absolute Gasteiger partial charge is 0.137 e. The largest absolute Gasteiger partial charge is 0.245 e. The van der Waals surface area contributed by atoms with E-state index in [1.807, 2.05) is 19.1 Å².